The maximum atomic E-state index is 10.5. The average molecular weight is 174 g/mol. The molecule has 1 aliphatic rings. The van der Waals surface area contributed by atoms with E-state index in [0.29, 0.717) is 0 Å². The number of nitrogens with zero attached hydrogens (tertiary/aromatic N) is 1. The van der Waals surface area contributed by atoms with Gasteiger partial charge < -0.3 is 0 Å². The molecule has 0 radical (unpaired) electrons. The Morgan fingerprint density at radius 2 is 2.27 bits per heavy atom. The number of nitro groups is 1. The van der Waals surface area contributed by atoms with E-state index in [4.69, 9.17) is 11.6 Å². The van der Waals surface area contributed by atoms with Gasteiger partial charge in [0, 0.05) is 11.0 Å². The van der Waals surface area contributed by atoms with Crippen LogP contribution in [0.2, 0.25) is 0 Å². The number of hydrogen-bond acceptors (Lipinski definition) is 2. The van der Waals surface area contributed by atoms with Crippen LogP contribution < -0.4 is 0 Å². The molecule has 0 spiro atoms. The van der Waals surface area contributed by atoms with Gasteiger partial charge in [-0.2, -0.15) is 0 Å². The van der Waals surface area contributed by atoms with Gasteiger partial charge >= 0.3 is 5.00 Å². The lowest BCUT2D eigenvalue weighted by molar-refractivity contribution is -0.534. The van der Waals surface area contributed by atoms with Crippen molar-refractivity contribution in [1.29, 1.82) is 0 Å². The standard InChI is InChI=1S/C7H8ClNO2/c1-6-4-2-3-5-7(6,8)9(10)11/h2-6H,1H3. The topological polar surface area (TPSA) is 43.1 Å². The van der Waals surface area contributed by atoms with E-state index in [0.717, 1.165) is 0 Å². The van der Waals surface area contributed by atoms with E-state index >= 15 is 0 Å². The van der Waals surface area contributed by atoms with Crippen LogP contribution in [-0.2, 0) is 0 Å². The van der Waals surface area contributed by atoms with Gasteiger partial charge in [-0.05, 0) is 11.6 Å². The van der Waals surface area contributed by atoms with Gasteiger partial charge in [-0.15, -0.1) is 0 Å². The Kier molecular flexibility index (Phi) is 2.00. The predicted molar refractivity (Wildman–Crippen MR) is 43.0 cm³/mol. The number of allylic oxidation sites excluding steroid dienone is 2. The minimum Gasteiger partial charge on any atom is -0.262 e. The van der Waals surface area contributed by atoms with Crippen LogP contribution in [-0.4, -0.2) is 9.92 Å². The van der Waals surface area contributed by atoms with Gasteiger partial charge in [-0.25, -0.2) is 0 Å². The van der Waals surface area contributed by atoms with Gasteiger partial charge in [0.25, 0.3) is 0 Å². The Balaban J connectivity index is 2.94. The number of halogens is 1. The monoisotopic (exact) mass is 173 g/mol. The molecular formula is C7H8ClNO2. The summed E-state index contributed by atoms with van der Waals surface area (Å²) in [5, 5.41) is 10.5. The first kappa shape index (κ1) is 8.27. The fourth-order valence-corrected chi connectivity index (χ4v) is 1.08. The summed E-state index contributed by atoms with van der Waals surface area (Å²) in [6, 6.07) is 0. The molecule has 0 saturated carbocycles. The molecule has 4 heteroatoms. The molecule has 3 nitrogen and oxygen atoms in total. The maximum Gasteiger partial charge on any atom is 0.319 e. The zero-order valence-electron chi connectivity index (χ0n) is 6.03. The maximum absolute atomic E-state index is 10.5. The molecule has 0 aromatic heterocycles. The predicted octanol–water partition coefficient (Wildman–Crippen LogP) is 1.96. The first-order valence-electron chi connectivity index (χ1n) is 3.27. The molecule has 11 heavy (non-hydrogen) atoms. The summed E-state index contributed by atoms with van der Waals surface area (Å²) in [7, 11) is 0. The molecule has 0 fully saturated rings. The highest BCUT2D eigenvalue weighted by Gasteiger charge is 2.43. The molecule has 0 bridgehead atoms. The molecule has 2 atom stereocenters. The molecule has 0 aromatic carbocycles. The molecule has 0 amide bonds. The van der Waals surface area contributed by atoms with Crippen LogP contribution in [0.5, 0.6) is 0 Å². The van der Waals surface area contributed by atoms with Crippen LogP contribution in [0.3, 0.4) is 0 Å². The van der Waals surface area contributed by atoms with E-state index in [1.165, 1.54) is 6.08 Å². The van der Waals surface area contributed by atoms with Gasteiger partial charge in [0.1, 0.15) is 0 Å². The van der Waals surface area contributed by atoms with Crippen molar-refractivity contribution in [2.45, 2.75) is 11.9 Å². The minimum atomic E-state index is -1.44. The summed E-state index contributed by atoms with van der Waals surface area (Å²) in [6.07, 6.45) is 6.47. The molecule has 2 unspecified atom stereocenters. The Morgan fingerprint density at radius 1 is 1.64 bits per heavy atom. The second-order valence-corrected chi connectivity index (χ2v) is 3.12. The van der Waals surface area contributed by atoms with Gasteiger partial charge in [0.2, 0.25) is 0 Å². The Bertz CT molecular complexity index is 237. The smallest absolute Gasteiger partial charge is 0.262 e. The quantitative estimate of drug-likeness (QED) is 0.263. The molecule has 0 saturated heterocycles. The molecule has 1 rings (SSSR count). The Hall–Kier alpha value is -0.830. The minimum absolute atomic E-state index is 0.260. The molecule has 0 aromatic rings. The lowest BCUT2D eigenvalue weighted by Gasteiger charge is -2.20. The summed E-state index contributed by atoms with van der Waals surface area (Å²) in [4.78, 5) is 8.57. The Morgan fingerprint density at radius 3 is 2.64 bits per heavy atom. The molecule has 1 aliphatic carbocycles. The van der Waals surface area contributed by atoms with Crippen LogP contribution >= 0.6 is 11.6 Å². The highest BCUT2D eigenvalue weighted by molar-refractivity contribution is 6.24. The SMILES string of the molecule is CC1C=CC=CC1(Cl)[N+](=O)[O-]. The lowest BCUT2D eigenvalue weighted by Crippen LogP contribution is -2.36. The third kappa shape index (κ3) is 1.28. The van der Waals surface area contributed by atoms with Crippen LogP contribution in [0, 0.1) is 16.0 Å². The third-order valence-electron chi connectivity index (χ3n) is 1.76. The second-order valence-electron chi connectivity index (χ2n) is 2.52. The number of alkyl halides is 1. The fraction of sp³-hybridized carbons (Fsp3) is 0.429. The Labute approximate surface area is 69.5 Å². The highest BCUT2D eigenvalue weighted by Crippen LogP contribution is 2.31. The van der Waals surface area contributed by atoms with Crippen molar-refractivity contribution in [3.05, 3.63) is 34.4 Å². The summed E-state index contributed by atoms with van der Waals surface area (Å²) >= 11 is 5.72. The van der Waals surface area contributed by atoms with Crippen molar-refractivity contribution in [1.82, 2.24) is 0 Å². The summed E-state index contributed by atoms with van der Waals surface area (Å²) in [6.45, 7) is 1.72. The zero-order valence-corrected chi connectivity index (χ0v) is 6.78. The van der Waals surface area contributed by atoms with E-state index in [1.807, 2.05) is 0 Å². The van der Waals surface area contributed by atoms with Crippen molar-refractivity contribution < 1.29 is 4.92 Å². The van der Waals surface area contributed by atoms with Gasteiger partial charge in [0.15, 0.2) is 0 Å². The third-order valence-corrected chi connectivity index (χ3v) is 2.37. The van der Waals surface area contributed by atoms with Crippen molar-refractivity contribution in [2.24, 2.45) is 5.92 Å². The summed E-state index contributed by atoms with van der Waals surface area (Å²) in [5.74, 6) is -0.260. The van der Waals surface area contributed by atoms with E-state index in [9.17, 15) is 10.1 Å². The lowest BCUT2D eigenvalue weighted by atomic mass is 9.97. The highest BCUT2D eigenvalue weighted by atomic mass is 35.5. The van der Waals surface area contributed by atoms with Crippen LogP contribution in [0.4, 0.5) is 0 Å². The van der Waals surface area contributed by atoms with Crippen molar-refractivity contribution in [3.63, 3.8) is 0 Å². The summed E-state index contributed by atoms with van der Waals surface area (Å²) in [5.41, 5.74) is 0. The number of hydrogen-bond donors (Lipinski definition) is 0. The van der Waals surface area contributed by atoms with E-state index in [-0.39, 0.29) is 5.92 Å². The molecule has 0 N–H and O–H groups in total. The van der Waals surface area contributed by atoms with Crippen molar-refractivity contribution in [3.8, 4) is 0 Å². The van der Waals surface area contributed by atoms with Crippen LogP contribution in [0.15, 0.2) is 24.3 Å². The first-order chi connectivity index (χ1) is 5.07. The average Bonchev–Trinajstić information content (AvgIpc) is 1.95. The second kappa shape index (κ2) is 2.66. The van der Waals surface area contributed by atoms with Crippen LogP contribution in [0.1, 0.15) is 6.92 Å². The first-order valence-corrected chi connectivity index (χ1v) is 3.64. The van der Waals surface area contributed by atoms with Crippen LogP contribution in [0.25, 0.3) is 0 Å². The molecule has 0 heterocycles. The summed E-state index contributed by atoms with van der Waals surface area (Å²) < 4.78 is 0. The number of rotatable bonds is 1. The molecule has 0 aliphatic heterocycles. The fourth-order valence-electron chi connectivity index (χ4n) is 0.935. The normalized spacial score (nSPS) is 35.6. The zero-order chi connectivity index (χ0) is 8.48. The van der Waals surface area contributed by atoms with E-state index in [1.54, 1.807) is 25.2 Å². The van der Waals surface area contributed by atoms with Gasteiger partial charge in [-0.1, -0.05) is 25.2 Å². The van der Waals surface area contributed by atoms with Crippen molar-refractivity contribution in [2.75, 3.05) is 0 Å². The van der Waals surface area contributed by atoms with Gasteiger partial charge in [0.05, 0.1) is 5.92 Å². The van der Waals surface area contributed by atoms with E-state index < -0.39 is 9.92 Å². The van der Waals surface area contributed by atoms with Crippen molar-refractivity contribution >= 4 is 11.6 Å². The van der Waals surface area contributed by atoms with Gasteiger partial charge in [-0.3, -0.25) is 10.1 Å². The largest absolute Gasteiger partial charge is 0.319 e. The molecule has 60 valence electrons. The van der Waals surface area contributed by atoms with E-state index in [2.05, 4.69) is 0 Å². The molecular weight excluding hydrogens is 166 g/mol.